The topological polar surface area (TPSA) is 70.6 Å². The highest BCUT2D eigenvalue weighted by atomic mass is 79.9. The fourth-order valence-electron chi connectivity index (χ4n) is 1.89. The second-order valence-corrected chi connectivity index (χ2v) is 6.04. The number of phenolic OH excluding ortho intramolecular Hbond substituents is 1. The van der Waals surface area contributed by atoms with Crippen LogP contribution in [-0.4, -0.2) is 23.2 Å². The van der Waals surface area contributed by atoms with E-state index in [1.54, 1.807) is 43.5 Å². The third-order valence-electron chi connectivity index (χ3n) is 3.04. The van der Waals surface area contributed by atoms with Gasteiger partial charge in [-0.2, -0.15) is 0 Å². The van der Waals surface area contributed by atoms with Gasteiger partial charge >= 0.3 is 0 Å². The third-order valence-corrected chi connectivity index (χ3v) is 3.87. The zero-order valence-electron chi connectivity index (χ0n) is 12.5. The maximum absolute atomic E-state index is 12.2. The van der Waals surface area contributed by atoms with Crippen molar-refractivity contribution in [2.75, 3.05) is 12.4 Å². The van der Waals surface area contributed by atoms with Gasteiger partial charge in [0.05, 0.1) is 17.3 Å². The fraction of sp³-hybridized carbons (Fsp3) is 0.125. The zero-order chi connectivity index (χ0) is 17.0. The van der Waals surface area contributed by atoms with Crippen LogP contribution in [0.3, 0.4) is 0 Å². The monoisotopic (exact) mass is 394 g/mol. The van der Waals surface area contributed by atoms with Crippen LogP contribution in [0.25, 0.3) is 0 Å². The predicted molar refractivity (Wildman–Crippen MR) is 97.2 cm³/mol. The summed E-state index contributed by atoms with van der Waals surface area (Å²) in [5.41, 5.74) is 1.82. The van der Waals surface area contributed by atoms with Crippen LogP contribution >= 0.6 is 28.1 Å². The van der Waals surface area contributed by atoms with Crippen LogP contribution in [0.1, 0.15) is 15.9 Å². The van der Waals surface area contributed by atoms with E-state index in [9.17, 15) is 9.90 Å². The molecule has 0 saturated carbocycles. The van der Waals surface area contributed by atoms with E-state index >= 15 is 0 Å². The summed E-state index contributed by atoms with van der Waals surface area (Å²) in [7, 11) is 1.55. The summed E-state index contributed by atoms with van der Waals surface area (Å²) in [5, 5.41) is 15.2. The summed E-state index contributed by atoms with van der Waals surface area (Å²) in [4.78, 5) is 12.2. The average molecular weight is 395 g/mol. The Balaban J connectivity index is 2.06. The van der Waals surface area contributed by atoms with Gasteiger partial charge in [-0.1, -0.05) is 6.07 Å². The molecule has 120 valence electrons. The molecule has 5 nitrogen and oxygen atoms in total. The van der Waals surface area contributed by atoms with Crippen LogP contribution in [-0.2, 0) is 0 Å². The maximum Gasteiger partial charge on any atom is 0.257 e. The summed E-state index contributed by atoms with van der Waals surface area (Å²) in [6.07, 6.45) is 0. The van der Waals surface area contributed by atoms with Crippen molar-refractivity contribution in [3.8, 4) is 11.5 Å². The molecule has 2 rings (SSSR count). The van der Waals surface area contributed by atoms with Crippen molar-refractivity contribution in [2.45, 2.75) is 6.92 Å². The van der Waals surface area contributed by atoms with Crippen molar-refractivity contribution in [3.63, 3.8) is 0 Å². The van der Waals surface area contributed by atoms with Gasteiger partial charge in [-0.05, 0) is 71.0 Å². The molecule has 3 N–H and O–H groups in total. The Bertz CT molecular complexity index is 765. The first-order valence-corrected chi connectivity index (χ1v) is 7.86. The van der Waals surface area contributed by atoms with Crippen LogP contribution in [0, 0.1) is 6.92 Å². The standard InChI is InChI=1S/C16H15BrN2O3S/c1-9-3-5-13(20)12(7-9)18-16(23)19-15(21)10-4-6-14(22-2)11(17)8-10/h3-8,20H,1-2H3,(H2,18,19,21,23). The minimum atomic E-state index is -0.363. The molecular formula is C16H15BrN2O3S. The van der Waals surface area contributed by atoms with Gasteiger partial charge in [0.25, 0.3) is 5.91 Å². The number of ether oxygens (including phenoxy) is 1. The van der Waals surface area contributed by atoms with Crippen molar-refractivity contribution in [3.05, 3.63) is 52.0 Å². The van der Waals surface area contributed by atoms with Crippen LogP contribution in [0.5, 0.6) is 11.5 Å². The molecule has 7 heteroatoms. The quantitative estimate of drug-likeness (QED) is 0.547. The van der Waals surface area contributed by atoms with E-state index in [0.29, 0.717) is 21.5 Å². The van der Waals surface area contributed by atoms with Crippen LogP contribution in [0.4, 0.5) is 5.69 Å². The summed E-state index contributed by atoms with van der Waals surface area (Å²) < 4.78 is 5.79. The highest BCUT2D eigenvalue weighted by molar-refractivity contribution is 9.10. The van der Waals surface area contributed by atoms with Gasteiger partial charge in [0, 0.05) is 5.56 Å². The Morgan fingerprint density at radius 3 is 2.65 bits per heavy atom. The van der Waals surface area contributed by atoms with Gasteiger partial charge in [-0.25, -0.2) is 0 Å². The highest BCUT2D eigenvalue weighted by Crippen LogP contribution is 2.26. The molecule has 0 bridgehead atoms. The van der Waals surface area contributed by atoms with Crippen LogP contribution < -0.4 is 15.4 Å². The number of aromatic hydroxyl groups is 1. The van der Waals surface area contributed by atoms with E-state index in [2.05, 4.69) is 26.6 Å². The molecule has 0 fully saturated rings. The molecule has 23 heavy (non-hydrogen) atoms. The minimum absolute atomic E-state index is 0.0550. The molecule has 0 heterocycles. The second kappa shape index (κ2) is 7.43. The van der Waals surface area contributed by atoms with Gasteiger partial charge in [0.2, 0.25) is 0 Å². The normalized spacial score (nSPS) is 10.0. The van der Waals surface area contributed by atoms with Gasteiger partial charge in [-0.3, -0.25) is 10.1 Å². The number of carbonyl (C=O) groups excluding carboxylic acids is 1. The first-order valence-electron chi connectivity index (χ1n) is 6.66. The number of amides is 1. The lowest BCUT2D eigenvalue weighted by Gasteiger charge is -2.12. The number of benzene rings is 2. The number of anilines is 1. The zero-order valence-corrected chi connectivity index (χ0v) is 14.9. The molecule has 0 aliphatic carbocycles. The molecule has 1 amide bonds. The number of rotatable bonds is 3. The van der Waals surface area contributed by atoms with Crippen molar-refractivity contribution in [1.29, 1.82) is 0 Å². The van der Waals surface area contributed by atoms with Crippen molar-refractivity contribution < 1.29 is 14.6 Å². The number of hydrogen-bond acceptors (Lipinski definition) is 4. The lowest BCUT2D eigenvalue weighted by molar-refractivity contribution is 0.0977. The third kappa shape index (κ3) is 4.43. The van der Waals surface area contributed by atoms with Crippen LogP contribution in [0.2, 0.25) is 0 Å². The molecule has 2 aromatic rings. The van der Waals surface area contributed by atoms with E-state index in [-0.39, 0.29) is 16.8 Å². The van der Waals surface area contributed by atoms with Gasteiger partial charge < -0.3 is 15.2 Å². The summed E-state index contributed by atoms with van der Waals surface area (Å²) >= 11 is 8.43. The van der Waals surface area contributed by atoms with E-state index in [4.69, 9.17) is 17.0 Å². The van der Waals surface area contributed by atoms with Gasteiger partial charge in [-0.15, -0.1) is 0 Å². The molecule has 0 spiro atoms. The largest absolute Gasteiger partial charge is 0.506 e. The smallest absolute Gasteiger partial charge is 0.257 e. The van der Waals surface area contributed by atoms with Gasteiger partial charge in [0.15, 0.2) is 5.11 Å². The Hall–Kier alpha value is -2.12. The number of carbonyl (C=O) groups is 1. The second-order valence-electron chi connectivity index (χ2n) is 4.78. The summed E-state index contributed by atoms with van der Waals surface area (Å²) in [6, 6.07) is 10.0. The number of thiocarbonyl (C=S) groups is 1. The lowest BCUT2D eigenvalue weighted by atomic mass is 10.2. The Labute approximate surface area is 147 Å². The fourth-order valence-corrected chi connectivity index (χ4v) is 2.63. The van der Waals surface area contributed by atoms with E-state index in [1.165, 1.54) is 0 Å². The predicted octanol–water partition coefficient (Wildman–Crippen LogP) is 3.60. The average Bonchev–Trinajstić information content (AvgIpc) is 2.50. The first kappa shape index (κ1) is 17.2. The molecule has 0 aromatic heterocycles. The van der Waals surface area contributed by atoms with E-state index in [1.807, 2.05) is 6.92 Å². The van der Waals surface area contributed by atoms with Gasteiger partial charge in [0.1, 0.15) is 11.5 Å². The highest BCUT2D eigenvalue weighted by Gasteiger charge is 2.11. The Morgan fingerprint density at radius 2 is 2.00 bits per heavy atom. The number of methoxy groups -OCH3 is 1. The number of halogens is 1. The molecule has 0 unspecified atom stereocenters. The molecule has 0 atom stereocenters. The minimum Gasteiger partial charge on any atom is -0.506 e. The molecule has 2 aromatic carbocycles. The number of phenols is 1. The van der Waals surface area contributed by atoms with E-state index in [0.717, 1.165) is 5.56 Å². The van der Waals surface area contributed by atoms with E-state index < -0.39 is 0 Å². The lowest BCUT2D eigenvalue weighted by Crippen LogP contribution is -2.34. The Morgan fingerprint density at radius 1 is 1.26 bits per heavy atom. The summed E-state index contributed by atoms with van der Waals surface area (Å²) in [5.74, 6) is 0.323. The molecule has 0 aliphatic heterocycles. The number of aryl methyl sites for hydroxylation is 1. The van der Waals surface area contributed by atoms with Crippen molar-refractivity contribution >= 4 is 44.9 Å². The van der Waals surface area contributed by atoms with Crippen LogP contribution in [0.15, 0.2) is 40.9 Å². The molecule has 0 aliphatic rings. The maximum atomic E-state index is 12.2. The SMILES string of the molecule is COc1ccc(C(=O)NC(=S)Nc2cc(C)ccc2O)cc1Br. The van der Waals surface area contributed by atoms with Crippen molar-refractivity contribution in [1.82, 2.24) is 5.32 Å². The number of hydrogen-bond donors (Lipinski definition) is 3. The molecule has 0 radical (unpaired) electrons. The molecular weight excluding hydrogens is 380 g/mol. The summed E-state index contributed by atoms with van der Waals surface area (Å²) in [6.45, 7) is 1.89. The number of nitrogens with one attached hydrogen (secondary N) is 2. The molecule has 0 saturated heterocycles. The first-order chi connectivity index (χ1) is 10.9. The van der Waals surface area contributed by atoms with Crippen molar-refractivity contribution in [2.24, 2.45) is 0 Å². The Kier molecular flexibility index (Phi) is 5.57.